The van der Waals surface area contributed by atoms with E-state index in [2.05, 4.69) is 15.9 Å². The van der Waals surface area contributed by atoms with Gasteiger partial charge in [-0.3, -0.25) is 4.31 Å². The standard InChI is InChI=1S/C16H17BrN2O3S/c1-22-16-10-5-4-9-15(16)19-14-8-3-2-7-13(14)18(12-6-11-17)23(19,20)21/h2-5,7-10H,6,11-12H2,1H3. The Morgan fingerprint density at radius 3 is 2.26 bits per heavy atom. The fourth-order valence-corrected chi connectivity index (χ4v) is 4.70. The summed E-state index contributed by atoms with van der Waals surface area (Å²) in [6.45, 7) is 0.427. The molecule has 2 aromatic rings. The molecule has 23 heavy (non-hydrogen) atoms. The van der Waals surface area contributed by atoms with Gasteiger partial charge in [0.25, 0.3) is 0 Å². The van der Waals surface area contributed by atoms with Gasteiger partial charge in [0.15, 0.2) is 0 Å². The lowest BCUT2D eigenvalue weighted by atomic mass is 10.2. The number of methoxy groups -OCH3 is 1. The Bertz CT molecular complexity index is 810. The summed E-state index contributed by atoms with van der Waals surface area (Å²) in [5.74, 6) is 0.521. The van der Waals surface area contributed by atoms with Crippen molar-refractivity contribution in [1.82, 2.24) is 0 Å². The van der Waals surface area contributed by atoms with Crippen LogP contribution in [0.1, 0.15) is 6.42 Å². The molecule has 0 fully saturated rings. The molecule has 0 aliphatic carbocycles. The van der Waals surface area contributed by atoms with Gasteiger partial charge in [-0.2, -0.15) is 8.42 Å². The first-order valence-electron chi connectivity index (χ1n) is 7.22. The molecule has 0 bridgehead atoms. The minimum Gasteiger partial charge on any atom is -0.495 e. The van der Waals surface area contributed by atoms with Crippen LogP contribution in [0, 0.1) is 0 Å². The average Bonchev–Trinajstić information content (AvgIpc) is 2.79. The Kier molecular flexibility index (Phi) is 4.50. The number of hydrogen-bond acceptors (Lipinski definition) is 3. The van der Waals surface area contributed by atoms with Crippen molar-refractivity contribution in [1.29, 1.82) is 0 Å². The molecular weight excluding hydrogens is 380 g/mol. The fourth-order valence-electron chi connectivity index (χ4n) is 2.68. The molecule has 7 heteroatoms. The number of hydrogen-bond donors (Lipinski definition) is 0. The molecule has 5 nitrogen and oxygen atoms in total. The van der Waals surface area contributed by atoms with Crippen LogP contribution in [0.3, 0.4) is 0 Å². The lowest BCUT2D eigenvalue weighted by molar-refractivity contribution is 0.416. The van der Waals surface area contributed by atoms with Gasteiger partial charge in [0, 0.05) is 11.9 Å². The zero-order valence-electron chi connectivity index (χ0n) is 12.6. The van der Waals surface area contributed by atoms with Crippen molar-refractivity contribution in [2.75, 3.05) is 27.6 Å². The largest absolute Gasteiger partial charge is 0.495 e. The van der Waals surface area contributed by atoms with Crippen LogP contribution in [-0.2, 0) is 10.2 Å². The number of nitrogens with zero attached hydrogens (tertiary/aromatic N) is 2. The average molecular weight is 397 g/mol. The Morgan fingerprint density at radius 2 is 1.61 bits per heavy atom. The van der Waals surface area contributed by atoms with Crippen molar-refractivity contribution in [2.45, 2.75) is 6.42 Å². The van der Waals surface area contributed by atoms with E-state index >= 15 is 0 Å². The first-order valence-corrected chi connectivity index (χ1v) is 9.74. The van der Waals surface area contributed by atoms with Crippen LogP contribution in [0.5, 0.6) is 5.75 Å². The van der Waals surface area contributed by atoms with E-state index in [0.29, 0.717) is 29.4 Å². The maximum atomic E-state index is 13.1. The molecule has 2 aromatic carbocycles. The van der Waals surface area contributed by atoms with E-state index in [1.165, 1.54) is 15.7 Å². The van der Waals surface area contributed by atoms with Crippen LogP contribution in [0.15, 0.2) is 48.5 Å². The van der Waals surface area contributed by atoms with Gasteiger partial charge < -0.3 is 4.74 Å². The normalized spacial score (nSPS) is 15.6. The molecule has 0 unspecified atom stereocenters. The number of halogens is 1. The summed E-state index contributed by atoms with van der Waals surface area (Å²) in [7, 11) is -2.14. The van der Waals surface area contributed by atoms with Gasteiger partial charge in [0.05, 0.1) is 18.5 Å². The summed E-state index contributed by atoms with van der Waals surface area (Å²) in [5, 5.41) is 0.746. The summed E-state index contributed by atoms with van der Waals surface area (Å²) < 4.78 is 34.4. The molecule has 1 heterocycles. The number of alkyl halides is 1. The highest BCUT2D eigenvalue weighted by Crippen LogP contribution is 2.47. The second-order valence-electron chi connectivity index (χ2n) is 5.05. The summed E-state index contributed by atoms with van der Waals surface area (Å²) in [5.41, 5.74) is 1.86. The second kappa shape index (κ2) is 6.41. The van der Waals surface area contributed by atoms with Crippen molar-refractivity contribution in [2.24, 2.45) is 0 Å². The van der Waals surface area contributed by atoms with Crippen LogP contribution in [0.4, 0.5) is 17.1 Å². The lowest BCUT2D eigenvalue weighted by Gasteiger charge is -2.23. The van der Waals surface area contributed by atoms with E-state index in [1.807, 2.05) is 30.3 Å². The van der Waals surface area contributed by atoms with Gasteiger partial charge in [0.2, 0.25) is 0 Å². The number of rotatable bonds is 5. The van der Waals surface area contributed by atoms with Gasteiger partial charge in [-0.15, -0.1) is 0 Å². The second-order valence-corrected chi connectivity index (χ2v) is 7.54. The van der Waals surface area contributed by atoms with Crippen LogP contribution < -0.4 is 13.3 Å². The zero-order valence-corrected chi connectivity index (χ0v) is 15.0. The van der Waals surface area contributed by atoms with E-state index in [1.54, 1.807) is 18.2 Å². The first-order chi connectivity index (χ1) is 11.1. The molecule has 1 aliphatic heterocycles. The Morgan fingerprint density at radius 1 is 1.00 bits per heavy atom. The molecule has 1 aliphatic rings. The van der Waals surface area contributed by atoms with Crippen molar-refractivity contribution in [3.8, 4) is 5.75 Å². The molecule has 0 amide bonds. The Labute approximate surface area is 144 Å². The minimum absolute atomic E-state index is 0.427. The predicted octanol–water partition coefficient (Wildman–Crippen LogP) is 3.68. The van der Waals surface area contributed by atoms with Crippen molar-refractivity contribution >= 4 is 43.2 Å². The number of anilines is 3. The molecule has 3 rings (SSSR count). The fraction of sp³-hybridized carbons (Fsp3) is 0.250. The van der Waals surface area contributed by atoms with Gasteiger partial charge in [-0.05, 0) is 30.7 Å². The zero-order chi connectivity index (χ0) is 16.4. The number of fused-ring (bicyclic) bond motifs is 1. The van der Waals surface area contributed by atoms with Crippen LogP contribution in [0.2, 0.25) is 0 Å². The molecule has 0 radical (unpaired) electrons. The smallest absolute Gasteiger partial charge is 0.331 e. The molecule has 0 N–H and O–H groups in total. The van der Waals surface area contributed by atoms with Crippen LogP contribution in [-0.4, -0.2) is 27.4 Å². The van der Waals surface area contributed by atoms with Gasteiger partial charge in [0.1, 0.15) is 11.4 Å². The highest BCUT2D eigenvalue weighted by Gasteiger charge is 2.41. The number of benzene rings is 2. The molecular formula is C16H17BrN2O3S. The van der Waals surface area contributed by atoms with E-state index < -0.39 is 10.2 Å². The van der Waals surface area contributed by atoms with E-state index in [-0.39, 0.29) is 0 Å². The molecule has 122 valence electrons. The number of para-hydroxylation sites is 4. The van der Waals surface area contributed by atoms with E-state index in [9.17, 15) is 8.42 Å². The maximum Gasteiger partial charge on any atom is 0.331 e. The molecule has 0 spiro atoms. The quantitative estimate of drug-likeness (QED) is 0.724. The summed E-state index contributed by atoms with van der Waals surface area (Å²) in [6, 6.07) is 14.5. The number of ether oxygens (including phenoxy) is 1. The van der Waals surface area contributed by atoms with Crippen molar-refractivity contribution in [3.05, 3.63) is 48.5 Å². The summed E-state index contributed by atoms with van der Waals surface area (Å²) in [4.78, 5) is 0. The van der Waals surface area contributed by atoms with Gasteiger partial charge in [-0.1, -0.05) is 40.2 Å². The molecule has 0 saturated carbocycles. The van der Waals surface area contributed by atoms with E-state index in [4.69, 9.17) is 4.74 Å². The van der Waals surface area contributed by atoms with Crippen molar-refractivity contribution in [3.63, 3.8) is 0 Å². The van der Waals surface area contributed by atoms with Gasteiger partial charge >= 0.3 is 10.2 Å². The first kappa shape index (κ1) is 16.1. The summed E-state index contributed by atoms with van der Waals surface area (Å²) in [6.07, 6.45) is 0.729. The highest BCUT2D eigenvalue weighted by atomic mass is 79.9. The lowest BCUT2D eigenvalue weighted by Crippen LogP contribution is -2.36. The Hall–Kier alpha value is -1.73. The monoisotopic (exact) mass is 396 g/mol. The maximum absolute atomic E-state index is 13.1. The summed E-state index contributed by atoms with van der Waals surface area (Å²) >= 11 is 3.36. The third kappa shape index (κ3) is 2.68. The third-order valence-corrected chi connectivity index (χ3v) is 6.03. The Balaban J connectivity index is 2.17. The van der Waals surface area contributed by atoms with Crippen molar-refractivity contribution < 1.29 is 13.2 Å². The topological polar surface area (TPSA) is 49.9 Å². The molecule has 0 saturated heterocycles. The molecule has 0 atom stereocenters. The van der Waals surface area contributed by atoms with E-state index in [0.717, 1.165) is 11.8 Å². The van der Waals surface area contributed by atoms with Crippen LogP contribution in [0.25, 0.3) is 0 Å². The van der Waals surface area contributed by atoms with Gasteiger partial charge in [-0.25, -0.2) is 4.31 Å². The predicted molar refractivity (Wildman–Crippen MR) is 96.3 cm³/mol. The minimum atomic E-state index is -3.68. The molecule has 0 aromatic heterocycles. The SMILES string of the molecule is COc1ccccc1N1c2ccccc2N(CCCBr)S1(=O)=O. The van der Waals surface area contributed by atoms with Crippen LogP contribution >= 0.6 is 15.9 Å². The highest BCUT2D eigenvalue weighted by molar-refractivity contribution is 9.09. The third-order valence-electron chi connectivity index (χ3n) is 3.68.